The second kappa shape index (κ2) is 12.2. The maximum atomic E-state index is 13.7. The van der Waals surface area contributed by atoms with Crippen molar-refractivity contribution >= 4 is 14.2 Å². The molecule has 38 heavy (non-hydrogen) atoms. The van der Waals surface area contributed by atoms with E-state index in [4.69, 9.17) is 14.2 Å². The summed E-state index contributed by atoms with van der Waals surface area (Å²) < 4.78 is 19.4. The number of aromatic nitrogens is 1. The fraction of sp³-hybridized carbons (Fsp3) is 0.469. The SMILES string of the molecule is CCOc1ccc(-c2c(-c3ccc(OC(C)C)cc3)cn([Si](C(C)C)(C(C)C)C(C)C)c2C(=O)OC)cc1. The molecule has 0 saturated heterocycles. The first kappa shape index (κ1) is 29.6. The molecule has 3 aromatic rings. The normalized spacial score (nSPS) is 12.1. The van der Waals surface area contributed by atoms with E-state index in [9.17, 15) is 4.79 Å². The maximum Gasteiger partial charge on any atom is 0.354 e. The van der Waals surface area contributed by atoms with Crippen molar-refractivity contribution in [2.24, 2.45) is 0 Å². The minimum Gasteiger partial charge on any atom is -0.494 e. The minimum absolute atomic E-state index is 0.0991. The third kappa shape index (κ3) is 5.56. The first-order valence-electron chi connectivity index (χ1n) is 13.8. The number of methoxy groups -OCH3 is 1. The summed E-state index contributed by atoms with van der Waals surface area (Å²) in [6.07, 6.45) is 2.32. The molecule has 5 nitrogen and oxygen atoms in total. The lowest BCUT2D eigenvalue weighted by Crippen LogP contribution is -2.52. The summed E-state index contributed by atoms with van der Waals surface area (Å²) in [5.74, 6) is 1.33. The Kier molecular flexibility index (Phi) is 9.53. The molecular formula is C32H45NO4Si. The van der Waals surface area contributed by atoms with Gasteiger partial charge in [-0.1, -0.05) is 65.8 Å². The standard InChI is InChI=1S/C32H45NO4Si/c1-11-36-27-16-14-26(15-17-27)30-29(25-12-18-28(19-13-25)37-21(2)3)20-33(31(30)32(34)35-10)38(22(4)5,23(6)7)24(8)9/h12-24H,11H2,1-10H3. The molecule has 6 heteroatoms. The van der Waals surface area contributed by atoms with Crippen LogP contribution in [0.25, 0.3) is 22.3 Å². The molecule has 0 bridgehead atoms. The van der Waals surface area contributed by atoms with Crippen molar-refractivity contribution < 1.29 is 19.0 Å². The molecule has 1 aromatic heterocycles. The van der Waals surface area contributed by atoms with Gasteiger partial charge in [-0.05, 0) is 72.8 Å². The topological polar surface area (TPSA) is 49.7 Å². The monoisotopic (exact) mass is 535 g/mol. The van der Waals surface area contributed by atoms with E-state index in [0.717, 1.165) is 33.8 Å². The first-order valence-corrected chi connectivity index (χ1v) is 16.0. The Morgan fingerprint density at radius 1 is 0.789 bits per heavy atom. The summed E-state index contributed by atoms with van der Waals surface area (Å²) in [6, 6.07) is 16.2. The average molecular weight is 536 g/mol. The lowest BCUT2D eigenvalue weighted by atomic mass is 9.96. The number of carbonyl (C=O) groups is 1. The number of hydrogen-bond donors (Lipinski definition) is 0. The first-order chi connectivity index (χ1) is 18.0. The van der Waals surface area contributed by atoms with E-state index >= 15 is 0 Å². The molecule has 1 heterocycles. The number of carbonyl (C=O) groups excluding carboxylic acids is 1. The number of benzene rings is 2. The number of rotatable bonds is 11. The largest absolute Gasteiger partial charge is 0.494 e. The Morgan fingerprint density at radius 2 is 1.29 bits per heavy atom. The molecule has 0 radical (unpaired) electrons. The van der Waals surface area contributed by atoms with Gasteiger partial charge in [-0.25, -0.2) is 4.79 Å². The van der Waals surface area contributed by atoms with E-state index in [1.807, 2.05) is 57.2 Å². The Balaban J connectivity index is 2.41. The quantitative estimate of drug-likeness (QED) is 0.182. The fourth-order valence-electron chi connectivity index (χ4n) is 6.32. The van der Waals surface area contributed by atoms with E-state index < -0.39 is 8.24 Å². The second-order valence-electron chi connectivity index (χ2n) is 11.1. The van der Waals surface area contributed by atoms with Crippen LogP contribution in [0.3, 0.4) is 0 Å². The number of nitrogens with zero attached hydrogens (tertiary/aromatic N) is 1. The Morgan fingerprint density at radius 3 is 1.74 bits per heavy atom. The lowest BCUT2D eigenvalue weighted by molar-refractivity contribution is 0.0593. The van der Waals surface area contributed by atoms with E-state index in [1.165, 1.54) is 7.11 Å². The van der Waals surface area contributed by atoms with Crippen molar-refractivity contribution in [1.82, 2.24) is 4.23 Å². The molecule has 0 N–H and O–H groups in total. The van der Waals surface area contributed by atoms with Crippen LogP contribution in [0.1, 0.15) is 72.8 Å². The zero-order valence-corrected chi connectivity index (χ0v) is 25.8. The Labute approximate surface area is 230 Å². The Bertz CT molecular complexity index is 1190. The highest BCUT2D eigenvalue weighted by atomic mass is 28.3. The van der Waals surface area contributed by atoms with Crippen molar-refractivity contribution in [3.05, 3.63) is 60.4 Å². The van der Waals surface area contributed by atoms with Crippen molar-refractivity contribution in [1.29, 1.82) is 0 Å². The Hall–Kier alpha value is -2.99. The van der Waals surface area contributed by atoms with Gasteiger partial charge in [-0.3, -0.25) is 0 Å². The average Bonchev–Trinajstić information content (AvgIpc) is 3.24. The van der Waals surface area contributed by atoms with E-state index in [0.29, 0.717) is 28.9 Å². The molecule has 0 aliphatic rings. The van der Waals surface area contributed by atoms with Gasteiger partial charge < -0.3 is 18.4 Å². The van der Waals surface area contributed by atoms with Crippen LogP contribution in [0, 0.1) is 0 Å². The van der Waals surface area contributed by atoms with Gasteiger partial charge in [0.1, 0.15) is 17.2 Å². The summed E-state index contributed by atoms with van der Waals surface area (Å²) in [5, 5.41) is 0. The molecule has 0 amide bonds. The van der Waals surface area contributed by atoms with Crippen LogP contribution in [0.4, 0.5) is 0 Å². The summed E-state index contributed by atoms with van der Waals surface area (Å²) in [7, 11) is -0.819. The predicted molar refractivity (Wildman–Crippen MR) is 160 cm³/mol. The highest BCUT2D eigenvalue weighted by Crippen LogP contribution is 2.48. The van der Waals surface area contributed by atoms with Crippen LogP contribution >= 0.6 is 0 Å². The van der Waals surface area contributed by atoms with Crippen LogP contribution in [0.15, 0.2) is 54.7 Å². The van der Waals surface area contributed by atoms with Crippen molar-refractivity contribution in [3.8, 4) is 33.8 Å². The fourth-order valence-corrected chi connectivity index (χ4v) is 12.9. The third-order valence-electron chi connectivity index (χ3n) is 7.57. The second-order valence-corrected chi connectivity index (χ2v) is 16.8. The van der Waals surface area contributed by atoms with Gasteiger partial charge in [-0.2, -0.15) is 0 Å². The van der Waals surface area contributed by atoms with Crippen LogP contribution in [-0.2, 0) is 4.74 Å². The van der Waals surface area contributed by atoms with Gasteiger partial charge in [0.05, 0.1) is 19.8 Å². The highest BCUT2D eigenvalue weighted by Gasteiger charge is 2.48. The van der Waals surface area contributed by atoms with Crippen molar-refractivity contribution in [2.45, 2.75) is 85.0 Å². The molecular weight excluding hydrogens is 490 g/mol. The maximum absolute atomic E-state index is 13.7. The van der Waals surface area contributed by atoms with Crippen LogP contribution in [0.5, 0.6) is 11.5 Å². The van der Waals surface area contributed by atoms with Gasteiger partial charge in [0.25, 0.3) is 0 Å². The molecule has 206 valence electrons. The predicted octanol–water partition coefficient (Wildman–Crippen LogP) is 8.82. The molecule has 0 aliphatic heterocycles. The zero-order chi connectivity index (χ0) is 28.2. The zero-order valence-electron chi connectivity index (χ0n) is 24.8. The molecule has 0 atom stereocenters. The smallest absolute Gasteiger partial charge is 0.354 e. The van der Waals surface area contributed by atoms with E-state index in [2.05, 4.69) is 64.1 Å². The summed E-state index contributed by atoms with van der Waals surface area (Å²) >= 11 is 0. The molecule has 0 aliphatic carbocycles. The van der Waals surface area contributed by atoms with Crippen LogP contribution in [0.2, 0.25) is 16.6 Å². The molecule has 0 saturated carbocycles. The van der Waals surface area contributed by atoms with Crippen LogP contribution < -0.4 is 9.47 Å². The summed E-state index contributed by atoms with van der Waals surface area (Å²) in [4.78, 5) is 13.7. The lowest BCUT2D eigenvalue weighted by Gasteiger charge is -2.44. The van der Waals surface area contributed by atoms with Gasteiger partial charge >= 0.3 is 5.97 Å². The number of hydrogen-bond acceptors (Lipinski definition) is 4. The number of esters is 1. The highest BCUT2D eigenvalue weighted by molar-refractivity contribution is 6.82. The van der Waals surface area contributed by atoms with E-state index in [1.54, 1.807) is 0 Å². The summed E-state index contributed by atoms with van der Waals surface area (Å²) in [5.41, 5.74) is 5.76. The van der Waals surface area contributed by atoms with Gasteiger partial charge in [0, 0.05) is 17.3 Å². The van der Waals surface area contributed by atoms with Gasteiger partial charge in [-0.15, -0.1) is 0 Å². The third-order valence-corrected chi connectivity index (χ3v) is 14.3. The molecule has 2 aromatic carbocycles. The van der Waals surface area contributed by atoms with E-state index in [-0.39, 0.29) is 12.1 Å². The van der Waals surface area contributed by atoms with Crippen molar-refractivity contribution in [3.63, 3.8) is 0 Å². The number of ether oxygens (including phenoxy) is 3. The summed E-state index contributed by atoms with van der Waals surface area (Å²) in [6.45, 7) is 20.5. The van der Waals surface area contributed by atoms with Gasteiger partial charge in [0.2, 0.25) is 0 Å². The van der Waals surface area contributed by atoms with Crippen LogP contribution in [-0.4, -0.2) is 38.3 Å². The molecule has 3 rings (SSSR count). The molecule has 0 unspecified atom stereocenters. The van der Waals surface area contributed by atoms with Gasteiger partial charge in [0.15, 0.2) is 8.24 Å². The molecule has 0 spiro atoms. The molecule has 0 fully saturated rings. The van der Waals surface area contributed by atoms with Crippen molar-refractivity contribution in [2.75, 3.05) is 13.7 Å². The minimum atomic E-state index is -2.29.